The summed E-state index contributed by atoms with van der Waals surface area (Å²) in [5, 5.41) is 6.69. The maximum absolute atomic E-state index is 4.83. The van der Waals surface area contributed by atoms with Crippen molar-refractivity contribution in [1.29, 1.82) is 0 Å². The molecule has 29 heavy (non-hydrogen) atoms. The van der Waals surface area contributed by atoms with Crippen molar-refractivity contribution in [2.75, 3.05) is 17.7 Å². The Bertz CT molecular complexity index is 1130. The third kappa shape index (κ3) is 3.78. The van der Waals surface area contributed by atoms with Gasteiger partial charge in [0.2, 0.25) is 5.95 Å². The first-order valence-electron chi connectivity index (χ1n) is 9.37. The summed E-state index contributed by atoms with van der Waals surface area (Å²) in [6.07, 6.45) is 9.04. The smallest absolute Gasteiger partial charge is 0.223 e. The number of hydrogen-bond donors (Lipinski definition) is 2. The summed E-state index contributed by atoms with van der Waals surface area (Å²) in [6.45, 7) is 6.58. The monoisotopic (exact) mass is 382 g/mol. The second-order valence-electron chi connectivity index (χ2n) is 6.73. The number of amidine groups is 1. The van der Waals surface area contributed by atoms with E-state index in [0.29, 0.717) is 18.3 Å². The number of fused-ring (bicyclic) bond motifs is 3. The van der Waals surface area contributed by atoms with Gasteiger partial charge < -0.3 is 10.6 Å². The molecule has 4 rings (SSSR count). The number of benzene rings is 1. The van der Waals surface area contributed by atoms with Gasteiger partial charge in [0.15, 0.2) is 0 Å². The number of rotatable bonds is 4. The Hall–Kier alpha value is -3.80. The normalized spacial score (nSPS) is 15.2. The minimum Gasteiger partial charge on any atom is -0.350 e. The standard InChI is InChI=1S/C23H22N6/c1-4-6-18-21-19(17-9-10-25-14-20(17)28-22(18)24-3)13-27-23(29-21)26-12-16-8-5-7-15(2)11-16/h4-11,13-14H,1,12H2,2-3H3,(H,24,28)(H,26,27,29)/b18-6-. The Morgan fingerprint density at radius 2 is 2.10 bits per heavy atom. The molecule has 1 aliphatic rings. The zero-order valence-electron chi connectivity index (χ0n) is 16.5. The van der Waals surface area contributed by atoms with Gasteiger partial charge in [-0.1, -0.05) is 42.5 Å². The number of pyridine rings is 1. The van der Waals surface area contributed by atoms with Gasteiger partial charge in [0.05, 0.1) is 17.6 Å². The van der Waals surface area contributed by atoms with Crippen LogP contribution >= 0.6 is 0 Å². The van der Waals surface area contributed by atoms with Crippen molar-refractivity contribution < 1.29 is 0 Å². The first-order chi connectivity index (χ1) is 14.2. The second kappa shape index (κ2) is 8.06. The van der Waals surface area contributed by atoms with Crippen LogP contribution in [0.15, 0.2) is 72.6 Å². The second-order valence-corrected chi connectivity index (χ2v) is 6.73. The van der Waals surface area contributed by atoms with E-state index in [4.69, 9.17) is 4.98 Å². The molecule has 1 aromatic carbocycles. The van der Waals surface area contributed by atoms with Gasteiger partial charge in [-0.25, -0.2) is 9.97 Å². The zero-order chi connectivity index (χ0) is 20.2. The number of anilines is 2. The van der Waals surface area contributed by atoms with E-state index in [-0.39, 0.29) is 0 Å². The average Bonchev–Trinajstić information content (AvgIpc) is 2.87. The molecule has 3 heterocycles. The van der Waals surface area contributed by atoms with Gasteiger partial charge in [-0.15, -0.1) is 0 Å². The highest BCUT2D eigenvalue weighted by molar-refractivity contribution is 6.31. The summed E-state index contributed by atoms with van der Waals surface area (Å²) in [4.78, 5) is 18.0. The maximum atomic E-state index is 4.83. The topological polar surface area (TPSA) is 75.1 Å². The lowest BCUT2D eigenvalue weighted by Gasteiger charge is -2.12. The number of aliphatic imine (C=N–C) groups is 1. The summed E-state index contributed by atoms with van der Waals surface area (Å²) < 4.78 is 0. The van der Waals surface area contributed by atoms with Crippen molar-refractivity contribution in [3.8, 4) is 11.1 Å². The highest BCUT2D eigenvalue weighted by atomic mass is 15.1. The Morgan fingerprint density at radius 1 is 1.21 bits per heavy atom. The summed E-state index contributed by atoms with van der Waals surface area (Å²) >= 11 is 0. The minimum absolute atomic E-state index is 0.563. The quantitative estimate of drug-likeness (QED) is 0.696. The van der Waals surface area contributed by atoms with Crippen molar-refractivity contribution in [2.24, 2.45) is 4.99 Å². The van der Waals surface area contributed by atoms with E-state index in [9.17, 15) is 0 Å². The lowest BCUT2D eigenvalue weighted by molar-refractivity contribution is 1.05. The molecule has 6 heteroatoms. The van der Waals surface area contributed by atoms with E-state index in [1.807, 2.05) is 18.3 Å². The van der Waals surface area contributed by atoms with Crippen molar-refractivity contribution in [3.63, 3.8) is 0 Å². The summed E-state index contributed by atoms with van der Waals surface area (Å²) in [5.74, 6) is 1.27. The van der Waals surface area contributed by atoms with Crippen LogP contribution in [0.1, 0.15) is 16.8 Å². The van der Waals surface area contributed by atoms with Crippen molar-refractivity contribution in [1.82, 2.24) is 15.0 Å². The van der Waals surface area contributed by atoms with Crippen LogP contribution in [0.3, 0.4) is 0 Å². The van der Waals surface area contributed by atoms with E-state index in [0.717, 1.165) is 28.1 Å². The highest BCUT2D eigenvalue weighted by Gasteiger charge is 2.23. The van der Waals surface area contributed by atoms with E-state index in [2.05, 4.69) is 63.4 Å². The number of allylic oxidation sites excluding steroid dienone is 2. The molecule has 6 nitrogen and oxygen atoms in total. The molecule has 3 aromatic rings. The highest BCUT2D eigenvalue weighted by Crippen LogP contribution is 2.36. The Kier molecular flexibility index (Phi) is 5.16. The first kappa shape index (κ1) is 18.6. The lowest BCUT2D eigenvalue weighted by atomic mass is 10.0. The van der Waals surface area contributed by atoms with Crippen molar-refractivity contribution in [3.05, 3.63) is 84.5 Å². The molecule has 0 saturated carbocycles. The first-order valence-corrected chi connectivity index (χ1v) is 9.37. The molecule has 0 fully saturated rings. The number of hydrogen-bond acceptors (Lipinski definition) is 5. The van der Waals surface area contributed by atoms with Gasteiger partial charge in [0.25, 0.3) is 0 Å². The van der Waals surface area contributed by atoms with E-state index < -0.39 is 0 Å². The molecule has 0 spiro atoms. The third-order valence-corrected chi connectivity index (χ3v) is 4.70. The predicted octanol–water partition coefficient (Wildman–Crippen LogP) is 4.48. The molecule has 2 N–H and O–H groups in total. The van der Waals surface area contributed by atoms with Crippen LogP contribution in [-0.4, -0.2) is 27.8 Å². The molecule has 0 atom stereocenters. The average molecular weight is 382 g/mol. The van der Waals surface area contributed by atoms with E-state index >= 15 is 0 Å². The number of aromatic nitrogens is 3. The van der Waals surface area contributed by atoms with Crippen molar-refractivity contribution in [2.45, 2.75) is 13.5 Å². The molecular formula is C23H22N6. The number of aryl methyl sites for hydroxylation is 1. The van der Waals surface area contributed by atoms with Crippen LogP contribution in [0.25, 0.3) is 16.7 Å². The van der Waals surface area contributed by atoms with Gasteiger partial charge >= 0.3 is 0 Å². The largest absolute Gasteiger partial charge is 0.350 e. The van der Waals surface area contributed by atoms with Gasteiger partial charge in [0, 0.05) is 42.7 Å². The van der Waals surface area contributed by atoms with Crippen LogP contribution in [0.4, 0.5) is 11.6 Å². The number of nitrogens with one attached hydrogen (secondary N) is 2. The van der Waals surface area contributed by atoms with Gasteiger partial charge in [-0.3, -0.25) is 9.98 Å². The molecule has 0 amide bonds. The van der Waals surface area contributed by atoms with Gasteiger partial charge in [-0.2, -0.15) is 0 Å². The molecular weight excluding hydrogens is 360 g/mol. The Balaban J connectivity index is 1.77. The minimum atomic E-state index is 0.563. The van der Waals surface area contributed by atoms with Gasteiger partial charge in [0.1, 0.15) is 5.84 Å². The number of nitrogens with zero attached hydrogens (tertiary/aromatic N) is 4. The fourth-order valence-corrected chi connectivity index (χ4v) is 3.36. The summed E-state index contributed by atoms with van der Waals surface area (Å²) in [5.41, 5.74) is 6.82. The summed E-state index contributed by atoms with van der Waals surface area (Å²) in [7, 11) is 1.75. The SMILES string of the molecule is C=C/C=C1\C(=NC)Nc2cnccc2-c2cnc(NCc3cccc(C)c3)nc21. The molecule has 0 saturated heterocycles. The van der Waals surface area contributed by atoms with Gasteiger partial charge in [-0.05, 0) is 24.6 Å². The summed E-state index contributed by atoms with van der Waals surface area (Å²) in [6, 6.07) is 10.3. The fraction of sp³-hybridized carbons (Fsp3) is 0.130. The van der Waals surface area contributed by atoms with Crippen LogP contribution in [0.5, 0.6) is 0 Å². The van der Waals surface area contributed by atoms with Crippen LogP contribution < -0.4 is 10.6 Å². The molecule has 0 aliphatic carbocycles. The molecule has 0 radical (unpaired) electrons. The van der Waals surface area contributed by atoms with Crippen molar-refractivity contribution >= 4 is 23.0 Å². The zero-order valence-corrected chi connectivity index (χ0v) is 16.5. The van der Waals surface area contributed by atoms with Crippen LogP contribution in [0.2, 0.25) is 0 Å². The fourth-order valence-electron chi connectivity index (χ4n) is 3.36. The maximum Gasteiger partial charge on any atom is 0.223 e. The molecule has 144 valence electrons. The lowest BCUT2D eigenvalue weighted by Crippen LogP contribution is -2.14. The van der Waals surface area contributed by atoms with E-state index in [1.54, 1.807) is 25.5 Å². The molecule has 1 aliphatic heterocycles. The predicted molar refractivity (Wildman–Crippen MR) is 119 cm³/mol. The van der Waals surface area contributed by atoms with Crippen LogP contribution in [-0.2, 0) is 6.54 Å². The molecule has 2 aromatic heterocycles. The molecule has 0 unspecified atom stereocenters. The Labute approximate surface area is 170 Å². The third-order valence-electron chi connectivity index (χ3n) is 4.70. The van der Waals surface area contributed by atoms with Crippen LogP contribution in [0, 0.1) is 6.92 Å². The Morgan fingerprint density at radius 3 is 2.90 bits per heavy atom. The van der Waals surface area contributed by atoms with E-state index in [1.165, 1.54) is 11.1 Å². The molecule has 0 bridgehead atoms.